The molecule has 0 aliphatic heterocycles. The van der Waals surface area contributed by atoms with Gasteiger partial charge in [0.2, 0.25) is 0 Å². The van der Waals surface area contributed by atoms with Gasteiger partial charge in [-0.2, -0.15) is 13.2 Å². The van der Waals surface area contributed by atoms with Gasteiger partial charge in [-0.15, -0.1) is 0 Å². The van der Waals surface area contributed by atoms with Crippen molar-refractivity contribution in [3.8, 4) is 0 Å². The van der Waals surface area contributed by atoms with E-state index in [4.69, 9.17) is 10.0 Å². The Kier molecular flexibility index (Phi) is 3.36. The zero-order chi connectivity index (χ0) is 11.6. The summed E-state index contributed by atoms with van der Waals surface area (Å²) in [6.45, 7) is 1.66. The van der Waals surface area contributed by atoms with Crippen LogP contribution in [0.25, 0.3) is 0 Å². The van der Waals surface area contributed by atoms with Crippen molar-refractivity contribution >= 4 is 12.6 Å². The summed E-state index contributed by atoms with van der Waals surface area (Å²) < 4.78 is 37.3. The molecule has 82 valence electrons. The Morgan fingerprint density at radius 1 is 1.33 bits per heavy atom. The van der Waals surface area contributed by atoms with Crippen LogP contribution in [0.15, 0.2) is 12.1 Å². The Hall–Kier alpha value is -1.08. The average Bonchev–Trinajstić information content (AvgIpc) is 2.15. The molecule has 7 heteroatoms. The molecule has 0 unspecified atom stereocenters. The third-order valence-corrected chi connectivity index (χ3v) is 1.89. The van der Waals surface area contributed by atoms with Crippen LogP contribution in [0.5, 0.6) is 0 Å². The van der Waals surface area contributed by atoms with E-state index in [0.29, 0.717) is 6.42 Å². The lowest BCUT2D eigenvalue weighted by Gasteiger charge is -2.12. The third-order valence-electron chi connectivity index (χ3n) is 1.89. The van der Waals surface area contributed by atoms with E-state index in [2.05, 4.69) is 4.98 Å². The number of aryl methyl sites for hydroxylation is 1. The fourth-order valence-corrected chi connectivity index (χ4v) is 1.14. The second-order valence-corrected chi connectivity index (χ2v) is 2.97. The molecule has 0 fully saturated rings. The quantitative estimate of drug-likeness (QED) is 0.705. The maximum Gasteiger partial charge on any atom is 0.490 e. The smallest absolute Gasteiger partial charge is 0.423 e. The van der Waals surface area contributed by atoms with Crippen molar-refractivity contribution in [2.75, 3.05) is 0 Å². The highest BCUT2D eigenvalue weighted by atomic mass is 19.4. The number of rotatable bonds is 2. The molecule has 0 aliphatic rings. The highest BCUT2D eigenvalue weighted by molar-refractivity contribution is 6.59. The van der Waals surface area contributed by atoms with Gasteiger partial charge >= 0.3 is 13.3 Å². The molecule has 15 heavy (non-hydrogen) atoms. The largest absolute Gasteiger partial charge is 0.490 e. The van der Waals surface area contributed by atoms with E-state index >= 15 is 0 Å². The number of hydrogen-bond donors (Lipinski definition) is 2. The summed E-state index contributed by atoms with van der Waals surface area (Å²) >= 11 is 0. The standard InChI is InChI=1S/C8H9BF3NO2/c1-2-5-3-4-6(9(14)15)7(13-5)8(10,11)12/h3-4,14-15H,2H2,1H3. The van der Waals surface area contributed by atoms with Crippen molar-refractivity contribution < 1.29 is 23.2 Å². The first-order valence-electron chi connectivity index (χ1n) is 4.29. The second-order valence-electron chi connectivity index (χ2n) is 2.97. The molecule has 0 spiro atoms. The van der Waals surface area contributed by atoms with E-state index in [1.807, 2.05) is 0 Å². The molecule has 0 radical (unpaired) electrons. The molecule has 0 saturated carbocycles. The first-order valence-corrected chi connectivity index (χ1v) is 4.29. The maximum atomic E-state index is 12.4. The zero-order valence-electron chi connectivity index (χ0n) is 7.91. The number of aromatic nitrogens is 1. The average molecular weight is 219 g/mol. The first kappa shape index (κ1) is 12.0. The highest BCUT2D eigenvalue weighted by Gasteiger charge is 2.38. The first-order chi connectivity index (χ1) is 6.86. The van der Waals surface area contributed by atoms with Gasteiger partial charge in [-0.25, -0.2) is 4.98 Å². The Morgan fingerprint density at radius 3 is 2.33 bits per heavy atom. The van der Waals surface area contributed by atoms with E-state index in [-0.39, 0.29) is 5.69 Å². The van der Waals surface area contributed by atoms with Gasteiger partial charge in [-0.05, 0) is 12.5 Å². The topological polar surface area (TPSA) is 53.4 Å². The van der Waals surface area contributed by atoms with Gasteiger partial charge in [0.25, 0.3) is 0 Å². The van der Waals surface area contributed by atoms with Crippen LogP contribution in [0.3, 0.4) is 0 Å². The molecule has 1 heterocycles. The lowest BCUT2D eigenvalue weighted by Crippen LogP contribution is -2.37. The van der Waals surface area contributed by atoms with Crippen molar-refractivity contribution in [2.24, 2.45) is 0 Å². The van der Waals surface area contributed by atoms with Gasteiger partial charge in [-0.3, -0.25) is 0 Å². The van der Waals surface area contributed by atoms with Crippen LogP contribution in [0.2, 0.25) is 0 Å². The normalized spacial score (nSPS) is 11.6. The van der Waals surface area contributed by atoms with Crippen LogP contribution in [-0.4, -0.2) is 22.2 Å². The molecule has 2 N–H and O–H groups in total. The molecule has 0 aromatic carbocycles. The van der Waals surface area contributed by atoms with Crippen molar-refractivity contribution in [2.45, 2.75) is 19.5 Å². The van der Waals surface area contributed by atoms with E-state index in [1.54, 1.807) is 6.92 Å². The zero-order valence-corrected chi connectivity index (χ0v) is 7.91. The lowest BCUT2D eigenvalue weighted by atomic mass is 9.78. The molecule has 0 atom stereocenters. The van der Waals surface area contributed by atoms with Crippen molar-refractivity contribution in [3.63, 3.8) is 0 Å². The number of nitrogens with zero attached hydrogens (tertiary/aromatic N) is 1. The minimum Gasteiger partial charge on any atom is -0.423 e. The lowest BCUT2D eigenvalue weighted by molar-refractivity contribution is -0.140. The van der Waals surface area contributed by atoms with Crippen LogP contribution < -0.4 is 5.46 Å². The summed E-state index contributed by atoms with van der Waals surface area (Å²) in [6.07, 6.45) is -4.32. The van der Waals surface area contributed by atoms with Gasteiger partial charge in [0.15, 0.2) is 0 Å². The molecule has 0 aliphatic carbocycles. The molecule has 1 aromatic heterocycles. The molecular formula is C8H9BF3NO2. The van der Waals surface area contributed by atoms with Gasteiger partial charge in [0.05, 0.1) is 0 Å². The fraction of sp³-hybridized carbons (Fsp3) is 0.375. The van der Waals surface area contributed by atoms with Crippen LogP contribution in [0, 0.1) is 0 Å². The van der Waals surface area contributed by atoms with Crippen LogP contribution in [-0.2, 0) is 12.6 Å². The molecule has 3 nitrogen and oxygen atoms in total. The summed E-state index contributed by atoms with van der Waals surface area (Å²) in [5.74, 6) is 0. The number of hydrogen-bond acceptors (Lipinski definition) is 3. The van der Waals surface area contributed by atoms with Gasteiger partial charge in [0, 0.05) is 11.2 Å². The molecule has 1 aromatic rings. The predicted octanol–water partition coefficient (Wildman–Crippen LogP) is 0.343. The van der Waals surface area contributed by atoms with E-state index in [1.165, 1.54) is 6.07 Å². The summed E-state index contributed by atoms with van der Waals surface area (Å²) in [7, 11) is -2.17. The van der Waals surface area contributed by atoms with Crippen LogP contribution >= 0.6 is 0 Å². The molecule has 0 amide bonds. The van der Waals surface area contributed by atoms with E-state index < -0.39 is 24.5 Å². The molecule has 0 bridgehead atoms. The number of halogens is 3. The number of pyridine rings is 1. The Bertz CT molecular complexity index is 354. The summed E-state index contributed by atoms with van der Waals surface area (Å²) in [4.78, 5) is 3.34. The molecule has 0 saturated heterocycles. The highest BCUT2D eigenvalue weighted by Crippen LogP contribution is 2.26. The Balaban J connectivity index is 3.29. The summed E-state index contributed by atoms with van der Waals surface area (Å²) in [5, 5.41) is 17.5. The van der Waals surface area contributed by atoms with Crippen LogP contribution in [0.1, 0.15) is 18.3 Å². The van der Waals surface area contributed by atoms with Crippen molar-refractivity contribution in [1.82, 2.24) is 4.98 Å². The van der Waals surface area contributed by atoms with Crippen LogP contribution in [0.4, 0.5) is 13.2 Å². The van der Waals surface area contributed by atoms with E-state index in [9.17, 15) is 13.2 Å². The predicted molar refractivity (Wildman–Crippen MR) is 48.4 cm³/mol. The minimum absolute atomic E-state index is 0.256. The number of alkyl halides is 3. The van der Waals surface area contributed by atoms with Crippen molar-refractivity contribution in [3.05, 3.63) is 23.5 Å². The molecule has 1 rings (SSSR count). The van der Waals surface area contributed by atoms with Gasteiger partial charge in [0.1, 0.15) is 5.69 Å². The van der Waals surface area contributed by atoms with Gasteiger partial charge < -0.3 is 10.0 Å². The minimum atomic E-state index is -4.68. The molecular weight excluding hydrogens is 210 g/mol. The third kappa shape index (κ3) is 2.70. The Labute approximate surface area is 84.7 Å². The summed E-state index contributed by atoms with van der Waals surface area (Å²) in [6, 6.07) is 2.36. The maximum absolute atomic E-state index is 12.4. The van der Waals surface area contributed by atoms with Crippen molar-refractivity contribution in [1.29, 1.82) is 0 Å². The van der Waals surface area contributed by atoms with E-state index in [0.717, 1.165) is 6.07 Å². The monoisotopic (exact) mass is 219 g/mol. The van der Waals surface area contributed by atoms with Gasteiger partial charge in [-0.1, -0.05) is 13.0 Å². The second kappa shape index (κ2) is 4.20. The fourth-order valence-electron chi connectivity index (χ4n) is 1.14. The Morgan fingerprint density at radius 2 is 1.93 bits per heavy atom. The summed E-state index contributed by atoms with van der Waals surface area (Å²) in [5.41, 5.74) is -1.61. The SMILES string of the molecule is CCc1ccc(B(O)O)c(C(F)(F)F)n1.